The van der Waals surface area contributed by atoms with Gasteiger partial charge in [-0.2, -0.15) is 0 Å². The second kappa shape index (κ2) is 9.80. The number of benzene rings is 1. The van der Waals surface area contributed by atoms with Crippen molar-refractivity contribution in [1.82, 2.24) is 14.5 Å². The van der Waals surface area contributed by atoms with Crippen LogP contribution in [-0.4, -0.2) is 56.3 Å². The lowest BCUT2D eigenvalue weighted by atomic mass is 10.2. The molecule has 7 nitrogen and oxygen atoms in total. The van der Waals surface area contributed by atoms with Crippen LogP contribution in [0.2, 0.25) is 0 Å². The van der Waals surface area contributed by atoms with Gasteiger partial charge in [-0.15, -0.1) is 0 Å². The molecule has 8 heteroatoms. The molecular formula is C23H29N3O4S. The van der Waals surface area contributed by atoms with E-state index in [2.05, 4.69) is 9.62 Å². The number of nitrogens with one attached hydrogen (secondary N) is 1. The van der Waals surface area contributed by atoms with Crippen molar-refractivity contribution in [3.8, 4) is 0 Å². The fourth-order valence-corrected chi connectivity index (χ4v) is 5.26. The predicted molar refractivity (Wildman–Crippen MR) is 119 cm³/mol. The minimum atomic E-state index is -3.63. The maximum atomic E-state index is 12.7. The molecule has 1 aromatic carbocycles. The summed E-state index contributed by atoms with van der Waals surface area (Å²) in [7, 11) is -3.63. The molecule has 1 aromatic heterocycles. The molecule has 3 heterocycles. The Bertz CT molecular complexity index is 994. The van der Waals surface area contributed by atoms with E-state index in [1.165, 1.54) is 19.1 Å². The van der Waals surface area contributed by atoms with Crippen LogP contribution >= 0.6 is 0 Å². The van der Waals surface area contributed by atoms with Gasteiger partial charge in [-0.3, -0.25) is 4.79 Å². The van der Waals surface area contributed by atoms with E-state index in [1.54, 1.807) is 48.6 Å². The minimum Gasteiger partial charge on any atom is -0.468 e. The highest BCUT2D eigenvalue weighted by atomic mass is 32.2. The molecule has 0 spiro atoms. The van der Waals surface area contributed by atoms with Crippen LogP contribution in [0.3, 0.4) is 0 Å². The SMILES string of the molecule is O=C(/C=C/c1ccc(S(=O)(=O)NCc2ccco2)cc1)N1CCCC1CN1CCCC1. The van der Waals surface area contributed by atoms with E-state index in [9.17, 15) is 13.2 Å². The molecule has 2 fully saturated rings. The van der Waals surface area contributed by atoms with Crippen molar-refractivity contribution in [2.75, 3.05) is 26.2 Å². The summed E-state index contributed by atoms with van der Waals surface area (Å²) < 4.78 is 32.5. The van der Waals surface area contributed by atoms with Crippen LogP contribution in [0.25, 0.3) is 6.08 Å². The van der Waals surface area contributed by atoms with Crippen LogP contribution in [-0.2, 0) is 21.4 Å². The number of sulfonamides is 1. The van der Waals surface area contributed by atoms with E-state index < -0.39 is 10.0 Å². The monoisotopic (exact) mass is 443 g/mol. The first-order chi connectivity index (χ1) is 15.0. The quantitative estimate of drug-likeness (QED) is 0.635. The van der Waals surface area contributed by atoms with E-state index in [1.807, 2.05) is 4.90 Å². The number of carbonyl (C=O) groups is 1. The minimum absolute atomic E-state index is 0.0264. The molecule has 2 aliphatic rings. The summed E-state index contributed by atoms with van der Waals surface area (Å²) in [6.07, 6.45) is 9.47. The van der Waals surface area contributed by atoms with E-state index in [4.69, 9.17) is 4.42 Å². The van der Waals surface area contributed by atoms with Crippen molar-refractivity contribution < 1.29 is 17.6 Å². The Morgan fingerprint density at radius 2 is 1.87 bits per heavy atom. The average Bonchev–Trinajstić information content (AvgIpc) is 3.54. The lowest BCUT2D eigenvalue weighted by Gasteiger charge is -2.27. The summed E-state index contributed by atoms with van der Waals surface area (Å²) in [6.45, 7) is 4.15. The molecule has 2 saturated heterocycles. The summed E-state index contributed by atoms with van der Waals surface area (Å²) >= 11 is 0. The molecule has 1 unspecified atom stereocenters. The molecule has 1 N–H and O–H groups in total. The van der Waals surface area contributed by atoms with Crippen molar-refractivity contribution in [2.45, 2.75) is 43.2 Å². The largest absolute Gasteiger partial charge is 0.468 e. The second-order valence-electron chi connectivity index (χ2n) is 8.14. The predicted octanol–water partition coefficient (Wildman–Crippen LogP) is 2.86. The fraction of sp³-hybridized carbons (Fsp3) is 0.435. The van der Waals surface area contributed by atoms with Gasteiger partial charge in [-0.1, -0.05) is 12.1 Å². The van der Waals surface area contributed by atoms with Gasteiger partial charge in [-0.25, -0.2) is 13.1 Å². The van der Waals surface area contributed by atoms with Gasteiger partial charge in [0.1, 0.15) is 5.76 Å². The Hall–Kier alpha value is -2.42. The normalized spacial score (nSPS) is 20.1. The number of likely N-dealkylation sites (tertiary alicyclic amines) is 2. The molecule has 1 atom stereocenters. The zero-order valence-electron chi connectivity index (χ0n) is 17.6. The summed E-state index contributed by atoms with van der Waals surface area (Å²) in [5.74, 6) is 0.574. The molecule has 0 bridgehead atoms. The summed E-state index contributed by atoms with van der Waals surface area (Å²) in [6, 6.07) is 10.2. The first-order valence-corrected chi connectivity index (χ1v) is 12.3. The van der Waals surface area contributed by atoms with Crippen LogP contribution in [0.5, 0.6) is 0 Å². The van der Waals surface area contributed by atoms with Gasteiger partial charge >= 0.3 is 0 Å². The van der Waals surface area contributed by atoms with Gasteiger partial charge in [0.25, 0.3) is 0 Å². The standard InChI is InChI=1S/C23H29N3O4S/c27-23(26-15-3-5-20(26)18-25-13-1-2-14-25)12-9-19-7-10-22(11-8-19)31(28,29)24-17-21-6-4-16-30-21/h4,6-12,16,20,24H,1-3,5,13-15,17-18H2/b12-9+. The molecule has 0 saturated carbocycles. The van der Waals surface area contributed by atoms with Crippen molar-refractivity contribution >= 4 is 22.0 Å². The third kappa shape index (κ3) is 5.64. The van der Waals surface area contributed by atoms with E-state index in [0.29, 0.717) is 11.8 Å². The van der Waals surface area contributed by atoms with Crippen LogP contribution < -0.4 is 4.72 Å². The van der Waals surface area contributed by atoms with Gasteiger partial charge in [0.15, 0.2) is 0 Å². The smallest absolute Gasteiger partial charge is 0.246 e. The number of amides is 1. The molecule has 166 valence electrons. The van der Waals surface area contributed by atoms with Gasteiger partial charge in [0.05, 0.1) is 17.7 Å². The van der Waals surface area contributed by atoms with Crippen molar-refractivity contribution in [3.05, 3.63) is 60.1 Å². The van der Waals surface area contributed by atoms with Gasteiger partial charge in [0, 0.05) is 25.2 Å². The first kappa shape index (κ1) is 21.8. The third-order valence-corrected chi connectivity index (χ3v) is 7.37. The Morgan fingerprint density at radius 3 is 2.58 bits per heavy atom. The Balaban J connectivity index is 1.33. The Labute approximate surface area is 183 Å². The highest BCUT2D eigenvalue weighted by Crippen LogP contribution is 2.21. The van der Waals surface area contributed by atoms with E-state index >= 15 is 0 Å². The third-order valence-electron chi connectivity index (χ3n) is 5.95. The Morgan fingerprint density at radius 1 is 1.10 bits per heavy atom. The van der Waals surface area contributed by atoms with Crippen molar-refractivity contribution in [1.29, 1.82) is 0 Å². The molecular weight excluding hydrogens is 414 g/mol. The molecule has 0 radical (unpaired) electrons. The first-order valence-electron chi connectivity index (χ1n) is 10.8. The average molecular weight is 444 g/mol. The molecule has 2 aromatic rings. The zero-order valence-corrected chi connectivity index (χ0v) is 18.4. The molecule has 31 heavy (non-hydrogen) atoms. The maximum absolute atomic E-state index is 12.7. The number of hydrogen-bond acceptors (Lipinski definition) is 5. The van der Waals surface area contributed by atoms with Crippen LogP contribution in [0.15, 0.2) is 58.1 Å². The fourth-order valence-electron chi connectivity index (χ4n) is 4.26. The van der Waals surface area contributed by atoms with E-state index in [-0.39, 0.29) is 17.3 Å². The second-order valence-corrected chi connectivity index (χ2v) is 9.91. The summed E-state index contributed by atoms with van der Waals surface area (Å²) in [5.41, 5.74) is 0.786. The van der Waals surface area contributed by atoms with Crippen LogP contribution in [0.1, 0.15) is 37.0 Å². The van der Waals surface area contributed by atoms with E-state index in [0.717, 1.165) is 44.6 Å². The number of hydrogen-bond donors (Lipinski definition) is 1. The molecule has 1 amide bonds. The van der Waals surface area contributed by atoms with Gasteiger partial charge < -0.3 is 14.2 Å². The van der Waals surface area contributed by atoms with Gasteiger partial charge in [-0.05, 0) is 74.7 Å². The van der Waals surface area contributed by atoms with Crippen LogP contribution in [0.4, 0.5) is 0 Å². The number of furan rings is 1. The lowest BCUT2D eigenvalue weighted by Crippen LogP contribution is -2.41. The van der Waals surface area contributed by atoms with Crippen molar-refractivity contribution in [3.63, 3.8) is 0 Å². The summed E-state index contributed by atoms with van der Waals surface area (Å²) in [4.78, 5) is 17.3. The lowest BCUT2D eigenvalue weighted by molar-refractivity contribution is -0.127. The number of carbonyl (C=O) groups excluding carboxylic acids is 1. The van der Waals surface area contributed by atoms with Crippen LogP contribution in [0, 0.1) is 0 Å². The zero-order chi connectivity index (χ0) is 21.7. The molecule has 2 aliphatic heterocycles. The van der Waals surface area contributed by atoms with Gasteiger partial charge in [0.2, 0.25) is 15.9 Å². The summed E-state index contributed by atoms with van der Waals surface area (Å²) in [5, 5.41) is 0. The van der Waals surface area contributed by atoms with Crippen molar-refractivity contribution in [2.24, 2.45) is 0 Å². The number of rotatable bonds is 8. The highest BCUT2D eigenvalue weighted by Gasteiger charge is 2.29. The molecule has 0 aliphatic carbocycles. The molecule has 4 rings (SSSR count). The topological polar surface area (TPSA) is 82.9 Å². The number of nitrogens with zero attached hydrogens (tertiary/aromatic N) is 2. The Kier molecular flexibility index (Phi) is 6.89. The highest BCUT2D eigenvalue weighted by molar-refractivity contribution is 7.89. The maximum Gasteiger partial charge on any atom is 0.246 e.